The number of halogens is 3. The molecule has 0 aliphatic rings. The van der Waals surface area contributed by atoms with E-state index in [1.165, 1.54) is 36.7 Å². The quantitative estimate of drug-likeness (QED) is 0.353. The third-order valence-corrected chi connectivity index (χ3v) is 3.57. The van der Waals surface area contributed by atoms with Crippen molar-refractivity contribution in [2.45, 2.75) is 9.96 Å². The van der Waals surface area contributed by atoms with Gasteiger partial charge >= 0.3 is 0 Å². The average Bonchev–Trinajstić information content (AvgIpc) is 2.54. The summed E-state index contributed by atoms with van der Waals surface area (Å²) >= 11 is 17.7. The average molecular weight is 390 g/mol. The van der Waals surface area contributed by atoms with E-state index in [1.54, 1.807) is 12.1 Å². The number of non-ortho nitro benzene ring substituents is 1. The van der Waals surface area contributed by atoms with E-state index >= 15 is 0 Å². The van der Waals surface area contributed by atoms with E-state index in [2.05, 4.69) is 15.6 Å². The maximum atomic E-state index is 12.2. The van der Waals surface area contributed by atoms with Crippen LogP contribution in [0.15, 0.2) is 48.8 Å². The van der Waals surface area contributed by atoms with Crippen LogP contribution in [0.25, 0.3) is 0 Å². The monoisotopic (exact) mass is 388 g/mol. The van der Waals surface area contributed by atoms with E-state index < -0.39 is 20.8 Å². The SMILES string of the molecule is O=C(N[C@H](Nc1ccc([N+](=O)[O-])cc1)C(Cl)(Cl)Cl)c1cccnc1. The number of benzene rings is 1. The minimum Gasteiger partial charge on any atom is -0.362 e. The predicted octanol–water partition coefficient (Wildman–Crippen LogP) is 3.53. The molecule has 2 rings (SSSR count). The van der Waals surface area contributed by atoms with Crippen LogP contribution >= 0.6 is 34.8 Å². The first-order valence-corrected chi connectivity index (χ1v) is 7.69. The van der Waals surface area contributed by atoms with E-state index in [0.717, 1.165) is 0 Å². The Kier molecular flexibility index (Phi) is 5.82. The number of alkyl halides is 3. The molecule has 1 heterocycles. The summed E-state index contributed by atoms with van der Waals surface area (Å²) in [7, 11) is 0. The second-order valence-corrected chi connectivity index (χ2v) is 7.01. The number of anilines is 1. The van der Waals surface area contributed by atoms with Gasteiger partial charge in [0.2, 0.25) is 3.79 Å². The zero-order chi connectivity index (χ0) is 17.7. The summed E-state index contributed by atoms with van der Waals surface area (Å²) in [5, 5.41) is 16.0. The number of hydrogen-bond acceptors (Lipinski definition) is 5. The molecule has 1 amide bonds. The van der Waals surface area contributed by atoms with E-state index in [0.29, 0.717) is 11.3 Å². The van der Waals surface area contributed by atoms with Crippen molar-refractivity contribution >= 4 is 52.1 Å². The van der Waals surface area contributed by atoms with Crippen LogP contribution in [0.4, 0.5) is 11.4 Å². The van der Waals surface area contributed by atoms with Crippen molar-refractivity contribution in [2.24, 2.45) is 0 Å². The van der Waals surface area contributed by atoms with E-state index in [-0.39, 0.29) is 5.69 Å². The lowest BCUT2D eigenvalue weighted by Gasteiger charge is -2.27. The van der Waals surface area contributed by atoms with Gasteiger partial charge in [0.25, 0.3) is 11.6 Å². The van der Waals surface area contributed by atoms with Gasteiger partial charge in [0.05, 0.1) is 10.5 Å². The molecule has 0 saturated heterocycles. The standard InChI is InChI=1S/C14H11Cl3N4O3/c15-14(16,17)13(20-12(22)9-2-1-7-18-8-9)19-10-3-5-11(6-4-10)21(23)24/h1-8,13,19H,(H,20,22)/t13-/m0/s1. The van der Waals surface area contributed by atoms with Gasteiger partial charge in [0.1, 0.15) is 6.17 Å². The fourth-order valence-electron chi connectivity index (χ4n) is 1.76. The van der Waals surface area contributed by atoms with Gasteiger partial charge in [-0.3, -0.25) is 19.9 Å². The number of carbonyl (C=O) groups is 1. The van der Waals surface area contributed by atoms with Crippen LogP contribution in [-0.4, -0.2) is 25.8 Å². The molecular formula is C14H11Cl3N4O3. The van der Waals surface area contributed by atoms with Crippen molar-refractivity contribution in [3.8, 4) is 0 Å². The van der Waals surface area contributed by atoms with Gasteiger partial charge in [-0.05, 0) is 24.3 Å². The fourth-order valence-corrected chi connectivity index (χ4v) is 2.08. The van der Waals surface area contributed by atoms with Crippen LogP contribution in [0.2, 0.25) is 0 Å². The number of nitrogens with zero attached hydrogens (tertiary/aromatic N) is 2. The molecule has 1 atom stereocenters. The van der Waals surface area contributed by atoms with E-state index in [4.69, 9.17) is 34.8 Å². The van der Waals surface area contributed by atoms with E-state index in [1.807, 2.05) is 0 Å². The second-order valence-electron chi connectivity index (χ2n) is 4.64. The summed E-state index contributed by atoms with van der Waals surface area (Å²) < 4.78 is -1.86. The number of amides is 1. The Morgan fingerprint density at radius 2 is 1.88 bits per heavy atom. The van der Waals surface area contributed by atoms with Crippen LogP contribution in [0.1, 0.15) is 10.4 Å². The third-order valence-electron chi connectivity index (χ3n) is 2.92. The van der Waals surface area contributed by atoms with Crippen LogP contribution < -0.4 is 10.6 Å². The Labute approximate surface area is 152 Å². The minimum atomic E-state index is -1.86. The minimum absolute atomic E-state index is 0.0784. The van der Waals surface area contributed by atoms with Crippen molar-refractivity contribution in [2.75, 3.05) is 5.32 Å². The summed E-state index contributed by atoms with van der Waals surface area (Å²) in [5.41, 5.74) is 0.649. The maximum absolute atomic E-state index is 12.2. The van der Waals surface area contributed by atoms with Gasteiger partial charge in [-0.25, -0.2) is 0 Å². The molecule has 0 fully saturated rings. The lowest BCUT2D eigenvalue weighted by Crippen LogP contribution is -2.49. The van der Waals surface area contributed by atoms with Gasteiger partial charge in [0, 0.05) is 30.2 Å². The predicted molar refractivity (Wildman–Crippen MR) is 92.5 cm³/mol. The Morgan fingerprint density at radius 1 is 1.21 bits per heavy atom. The van der Waals surface area contributed by atoms with Crippen molar-refractivity contribution in [1.29, 1.82) is 0 Å². The molecule has 0 aliphatic carbocycles. The van der Waals surface area contributed by atoms with Gasteiger partial charge in [-0.2, -0.15) is 0 Å². The lowest BCUT2D eigenvalue weighted by molar-refractivity contribution is -0.384. The molecule has 0 saturated carbocycles. The molecule has 24 heavy (non-hydrogen) atoms. The number of nitro benzene ring substituents is 1. The van der Waals surface area contributed by atoms with Gasteiger partial charge in [0.15, 0.2) is 0 Å². The highest BCUT2D eigenvalue weighted by atomic mass is 35.6. The van der Waals surface area contributed by atoms with Crippen LogP contribution in [0.3, 0.4) is 0 Å². The third kappa shape index (κ3) is 4.95. The zero-order valence-corrected chi connectivity index (χ0v) is 14.2. The molecule has 0 aliphatic heterocycles. The number of aromatic nitrogens is 1. The number of rotatable bonds is 5. The summed E-state index contributed by atoms with van der Waals surface area (Å²) in [4.78, 5) is 26.1. The molecule has 7 nitrogen and oxygen atoms in total. The molecule has 1 aromatic carbocycles. The topological polar surface area (TPSA) is 97.2 Å². The first-order valence-electron chi connectivity index (χ1n) is 6.56. The summed E-state index contributed by atoms with van der Waals surface area (Å²) in [6.45, 7) is 0. The Bertz CT molecular complexity index is 720. The lowest BCUT2D eigenvalue weighted by atomic mass is 10.2. The Balaban J connectivity index is 2.14. The number of nitro groups is 1. The molecule has 1 aromatic heterocycles. The smallest absolute Gasteiger partial charge is 0.269 e. The van der Waals surface area contributed by atoms with Crippen molar-refractivity contribution in [3.05, 3.63) is 64.5 Å². The second kappa shape index (κ2) is 7.65. The van der Waals surface area contributed by atoms with Crippen LogP contribution in [0.5, 0.6) is 0 Å². The van der Waals surface area contributed by atoms with Gasteiger partial charge in [-0.15, -0.1) is 0 Å². The molecule has 0 spiro atoms. The number of nitrogens with one attached hydrogen (secondary N) is 2. The highest BCUT2D eigenvalue weighted by Crippen LogP contribution is 2.31. The molecule has 2 N–H and O–H groups in total. The summed E-state index contributed by atoms with van der Waals surface area (Å²) in [6.07, 6.45) is 1.83. The maximum Gasteiger partial charge on any atom is 0.269 e. The summed E-state index contributed by atoms with van der Waals surface area (Å²) in [6, 6.07) is 8.63. The van der Waals surface area contributed by atoms with Crippen LogP contribution in [0, 0.1) is 10.1 Å². The largest absolute Gasteiger partial charge is 0.362 e. The van der Waals surface area contributed by atoms with Crippen molar-refractivity contribution in [1.82, 2.24) is 10.3 Å². The first kappa shape index (κ1) is 18.3. The zero-order valence-electron chi connectivity index (χ0n) is 11.9. The Morgan fingerprint density at radius 3 is 2.38 bits per heavy atom. The molecule has 2 aromatic rings. The van der Waals surface area contributed by atoms with Gasteiger partial charge < -0.3 is 10.6 Å². The molecule has 0 bridgehead atoms. The Hall–Kier alpha value is -2.09. The molecular weight excluding hydrogens is 379 g/mol. The number of carbonyl (C=O) groups excluding carboxylic acids is 1. The fraction of sp³-hybridized carbons (Fsp3) is 0.143. The molecule has 0 unspecified atom stereocenters. The number of hydrogen-bond donors (Lipinski definition) is 2. The van der Waals surface area contributed by atoms with E-state index in [9.17, 15) is 14.9 Å². The van der Waals surface area contributed by atoms with Gasteiger partial charge in [-0.1, -0.05) is 34.8 Å². The molecule has 0 radical (unpaired) electrons. The normalized spacial score (nSPS) is 12.3. The summed E-state index contributed by atoms with van der Waals surface area (Å²) in [5.74, 6) is -0.492. The molecule has 10 heteroatoms. The molecule has 126 valence electrons. The first-order chi connectivity index (χ1) is 11.3. The highest BCUT2D eigenvalue weighted by molar-refractivity contribution is 6.68. The highest BCUT2D eigenvalue weighted by Gasteiger charge is 2.34. The van der Waals surface area contributed by atoms with Crippen molar-refractivity contribution in [3.63, 3.8) is 0 Å². The number of pyridine rings is 1. The van der Waals surface area contributed by atoms with Crippen LogP contribution in [-0.2, 0) is 0 Å². The van der Waals surface area contributed by atoms with Crippen molar-refractivity contribution < 1.29 is 9.72 Å².